The molecule has 1 aliphatic heterocycles. The number of aromatic nitrogens is 4. The number of nitrogens with zero attached hydrogens (tertiary/aromatic N) is 5. The minimum absolute atomic E-state index is 0.261. The molecule has 1 saturated heterocycles. The van der Waals surface area contributed by atoms with Crippen molar-refractivity contribution in [2.24, 2.45) is 0 Å². The lowest BCUT2D eigenvalue weighted by atomic mass is 10.0. The van der Waals surface area contributed by atoms with Crippen molar-refractivity contribution in [1.29, 1.82) is 0 Å². The molecule has 1 aliphatic rings. The molecule has 4 aromatic rings. The molecule has 0 radical (unpaired) electrons. The fourth-order valence-corrected chi connectivity index (χ4v) is 4.25. The molecule has 0 spiro atoms. The van der Waals surface area contributed by atoms with Crippen LogP contribution in [0.1, 0.15) is 0 Å². The third-order valence-corrected chi connectivity index (χ3v) is 6.18. The second kappa shape index (κ2) is 10.0. The average Bonchev–Trinajstić information content (AvgIpc) is 3.31. The predicted octanol–water partition coefficient (Wildman–Crippen LogP) is 3.65. The summed E-state index contributed by atoms with van der Waals surface area (Å²) >= 11 is 0. The Morgan fingerprint density at radius 3 is 2.75 bits per heavy atom. The Labute approximate surface area is 209 Å². The van der Waals surface area contributed by atoms with Gasteiger partial charge in [0.25, 0.3) is 0 Å². The standard InChI is InChI=1S/C26H28N8O2/c1-4-21(35)28-19-9-5-7-17(15-19)20-10-6-8-18-16-27-26(29-22(18)20)30-24-23(36-3)25(32-31-24)34-13-11-33(2)12-14-34/h4-10,15-16H,1,11-14H2,2-3H3,(H,28,35)(H2,27,29,30,31,32). The molecule has 2 aromatic heterocycles. The number of piperazine rings is 1. The van der Waals surface area contributed by atoms with Gasteiger partial charge in [0.05, 0.1) is 12.6 Å². The highest BCUT2D eigenvalue weighted by Crippen LogP contribution is 2.35. The van der Waals surface area contributed by atoms with Crippen LogP contribution < -0.4 is 20.3 Å². The number of methoxy groups -OCH3 is 1. The molecule has 3 N–H and O–H groups in total. The number of nitrogens with one attached hydrogen (secondary N) is 3. The molecule has 0 saturated carbocycles. The summed E-state index contributed by atoms with van der Waals surface area (Å²) < 4.78 is 5.69. The van der Waals surface area contributed by atoms with E-state index in [4.69, 9.17) is 9.72 Å². The van der Waals surface area contributed by atoms with E-state index in [2.05, 4.69) is 49.2 Å². The summed E-state index contributed by atoms with van der Waals surface area (Å²) in [5.74, 6) is 2.15. The molecule has 184 valence electrons. The van der Waals surface area contributed by atoms with Gasteiger partial charge in [-0.1, -0.05) is 36.9 Å². The number of para-hydroxylation sites is 1. The molecule has 36 heavy (non-hydrogen) atoms. The van der Waals surface area contributed by atoms with Crippen LogP contribution in [0.25, 0.3) is 22.0 Å². The number of carbonyl (C=O) groups excluding carboxylic acids is 1. The van der Waals surface area contributed by atoms with E-state index in [1.54, 1.807) is 13.3 Å². The van der Waals surface area contributed by atoms with E-state index < -0.39 is 0 Å². The van der Waals surface area contributed by atoms with Gasteiger partial charge in [0, 0.05) is 49.0 Å². The van der Waals surface area contributed by atoms with Crippen LogP contribution in [0.15, 0.2) is 61.3 Å². The third kappa shape index (κ3) is 4.71. The Morgan fingerprint density at radius 2 is 1.97 bits per heavy atom. The van der Waals surface area contributed by atoms with Crippen molar-refractivity contribution in [3.8, 4) is 16.9 Å². The first-order valence-electron chi connectivity index (χ1n) is 11.7. The van der Waals surface area contributed by atoms with Crippen LogP contribution >= 0.6 is 0 Å². The Morgan fingerprint density at radius 1 is 1.17 bits per heavy atom. The molecular formula is C26H28N8O2. The van der Waals surface area contributed by atoms with Gasteiger partial charge in [-0.2, -0.15) is 5.10 Å². The van der Waals surface area contributed by atoms with Crippen LogP contribution in [0.3, 0.4) is 0 Å². The van der Waals surface area contributed by atoms with Crippen LogP contribution in [0.5, 0.6) is 5.75 Å². The lowest BCUT2D eigenvalue weighted by Gasteiger charge is -2.32. The Balaban J connectivity index is 1.46. The number of rotatable bonds is 7. The maximum atomic E-state index is 11.7. The fraction of sp³-hybridized carbons (Fsp3) is 0.231. The Hall–Kier alpha value is -4.44. The number of fused-ring (bicyclic) bond motifs is 1. The van der Waals surface area contributed by atoms with Crippen LogP contribution in [0.4, 0.5) is 23.3 Å². The molecule has 3 heterocycles. The zero-order valence-corrected chi connectivity index (χ0v) is 20.3. The van der Waals surface area contributed by atoms with Gasteiger partial charge < -0.3 is 25.2 Å². The van der Waals surface area contributed by atoms with Crippen molar-refractivity contribution in [3.63, 3.8) is 0 Å². The first-order chi connectivity index (χ1) is 17.6. The van der Waals surface area contributed by atoms with Gasteiger partial charge >= 0.3 is 0 Å². The predicted molar refractivity (Wildman–Crippen MR) is 142 cm³/mol. The van der Waals surface area contributed by atoms with E-state index in [-0.39, 0.29) is 5.91 Å². The van der Waals surface area contributed by atoms with Crippen molar-refractivity contribution in [3.05, 3.63) is 61.3 Å². The van der Waals surface area contributed by atoms with Gasteiger partial charge in [-0.15, -0.1) is 0 Å². The average molecular weight is 485 g/mol. The number of anilines is 4. The first kappa shape index (κ1) is 23.3. The third-order valence-electron chi connectivity index (χ3n) is 6.18. The maximum Gasteiger partial charge on any atom is 0.247 e. The van der Waals surface area contributed by atoms with E-state index in [0.29, 0.717) is 23.2 Å². The number of benzene rings is 2. The molecule has 2 aromatic carbocycles. The number of aromatic amines is 1. The number of amides is 1. The number of likely N-dealkylation sites (N-methyl/N-ethyl adjacent to an activating group) is 1. The minimum Gasteiger partial charge on any atom is -0.490 e. The van der Waals surface area contributed by atoms with Gasteiger partial charge in [0.15, 0.2) is 11.6 Å². The molecule has 1 amide bonds. The van der Waals surface area contributed by atoms with Gasteiger partial charge in [-0.25, -0.2) is 9.97 Å². The quantitative estimate of drug-likeness (QED) is 0.341. The van der Waals surface area contributed by atoms with E-state index in [0.717, 1.165) is 54.0 Å². The first-order valence-corrected chi connectivity index (χ1v) is 11.7. The smallest absolute Gasteiger partial charge is 0.247 e. The lowest BCUT2D eigenvalue weighted by Crippen LogP contribution is -2.44. The number of carbonyl (C=O) groups is 1. The van der Waals surface area contributed by atoms with Gasteiger partial charge in [-0.3, -0.25) is 9.89 Å². The number of H-pyrrole nitrogens is 1. The molecule has 10 nitrogen and oxygen atoms in total. The topological polar surface area (TPSA) is 111 Å². The number of ether oxygens (including phenoxy) is 1. The highest BCUT2D eigenvalue weighted by atomic mass is 16.5. The normalized spacial score (nSPS) is 14.0. The summed E-state index contributed by atoms with van der Waals surface area (Å²) in [5, 5.41) is 14.5. The molecule has 0 aliphatic carbocycles. The number of hydrogen-bond acceptors (Lipinski definition) is 8. The van der Waals surface area contributed by atoms with Gasteiger partial charge in [0.2, 0.25) is 17.6 Å². The van der Waals surface area contributed by atoms with Crippen molar-refractivity contribution < 1.29 is 9.53 Å². The molecule has 10 heteroatoms. The second-order valence-corrected chi connectivity index (χ2v) is 8.58. The Bertz CT molecular complexity index is 1410. The zero-order chi connectivity index (χ0) is 25.1. The maximum absolute atomic E-state index is 11.7. The van der Waals surface area contributed by atoms with Crippen molar-refractivity contribution in [2.45, 2.75) is 0 Å². The zero-order valence-electron chi connectivity index (χ0n) is 20.3. The van der Waals surface area contributed by atoms with Crippen LogP contribution in [0.2, 0.25) is 0 Å². The minimum atomic E-state index is -0.261. The SMILES string of the molecule is C=CC(=O)Nc1cccc(-c2cccc3cnc(Nc4[nH]nc(N5CCN(C)CC5)c4OC)nc23)c1. The van der Waals surface area contributed by atoms with Gasteiger partial charge in [0.1, 0.15) is 0 Å². The van der Waals surface area contributed by atoms with Crippen LogP contribution in [-0.2, 0) is 4.79 Å². The van der Waals surface area contributed by atoms with E-state index in [1.807, 2.05) is 42.5 Å². The van der Waals surface area contributed by atoms with E-state index in [1.165, 1.54) is 6.08 Å². The summed E-state index contributed by atoms with van der Waals surface area (Å²) in [4.78, 5) is 25.6. The summed E-state index contributed by atoms with van der Waals surface area (Å²) in [7, 11) is 3.75. The molecular weight excluding hydrogens is 456 g/mol. The van der Waals surface area contributed by atoms with Crippen LogP contribution in [-0.4, -0.2) is 71.3 Å². The van der Waals surface area contributed by atoms with Crippen molar-refractivity contribution in [2.75, 3.05) is 55.9 Å². The highest BCUT2D eigenvalue weighted by Gasteiger charge is 2.23. The molecule has 1 fully saturated rings. The van der Waals surface area contributed by atoms with E-state index >= 15 is 0 Å². The summed E-state index contributed by atoms with van der Waals surface area (Å²) in [6, 6.07) is 13.5. The molecule has 0 atom stereocenters. The van der Waals surface area contributed by atoms with Crippen molar-refractivity contribution in [1.82, 2.24) is 25.1 Å². The van der Waals surface area contributed by atoms with Crippen LogP contribution in [0, 0.1) is 0 Å². The molecule has 0 unspecified atom stereocenters. The summed E-state index contributed by atoms with van der Waals surface area (Å²) in [5.41, 5.74) is 3.30. The van der Waals surface area contributed by atoms with Gasteiger partial charge in [-0.05, 0) is 30.8 Å². The molecule has 0 bridgehead atoms. The second-order valence-electron chi connectivity index (χ2n) is 8.58. The van der Waals surface area contributed by atoms with Crippen molar-refractivity contribution >= 4 is 40.1 Å². The fourth-order valence-electron chi connectivity index (χ4n) is 4.25. The summed E-state index contributed by atoms with van der Waals surface area (Å²) in [6.45, 7) is 7.19. The highest BCUT2D eigenvalue weighted by molar-refractivity contribution is 6.00. The summed E-state index contributed by atoms with van der Waals surface area (Å²) in [6.07, 6.45) is 3.02. The largest absolute Gasteiger partial charge is 0.490 e. The Kier molecular flexibility index (Phi) is 6.50. The lowest BCUT2D eigenvalue weighted by molar-refractivity contribution is -0.111. The van der Waals surface area contributed by atoms with E-state index in [9.17, 15) is 4.79 Å². The number of hydrogen-bond donors (Lipinski definition) is 3. The monoisotopic (exact) mass is 484 g/mol. The molecule has 5 rings (SSSR count).